The van der Waals surface area contributed by atoms with Crippen LogP contribution in [0.2, 0.25) is 0 Å². The first-order chi connectivity index (χ1) is 7.58. The van der Waals surface area contributed by atoms with Gasteiger partial charge < -0.3 is 21.7 Å². The minimum Gasteiger partial charge on any atom is -0.382 e. The number of aromatic nitrogens is 6. The van der Waals surface area contributed by atoms with Gasteiger partial charge in [0, 0.05) is 0 Å². The number of aliphatic hydroxyl groups excluding tert-OH is 2. The minimum atomic E-state index is -1.35. The number of hydrogen-bond donors (Lipinski definition) is 6. The number of rotatable bonds is 3. The van der Waals surface area contributed by atoms with Crippen molar-refractivity contribution in [3.05, 3.63) is 11.6 Å². The van der Waals surface area contributed by atoms with E-state index in [9.17, 15) is 10.2 Å². The van der Waals surface area contributed by atoms with Gasteiger partial charge in [0.05, 0.1) is 0 Å². The standard InChI is InChI=1S/C6H10N8O2/c7-5-9-3(11-13-5)1(15)2(16)4-10-6(8)14-12-4/h1-2,15-16H,(H3,7,9,11,13)(H3,8,10,12,14). The van der Waals surface area contributed by atoms with Crippen LogP contribution in [0.5, 0.6) is 0 Å². The normalized spacial score (nSPS) is 14.9. The van der Waals surface area contributed by atoms with E-state index in [1.807, 2.05) is 0 Å². The molecule has 2 atom stereocenters. The highest BCUT2D eigenvalue weighted by molar-refractivity contribution is 5.17. The highest BCUT2D eigenvalue weighted by Crippen LogP contribution is 2.24. The van der Waals surface area contributed by atoms with E-state index in [0.29, 0.717) is 0 Å². The number of nitrogens with one attached hydrogen (secondary N) is 2. The zero-order valence-corrected chi connectivity index (χ0v) is 7.99. The second kappa shape index (κ2) is 3.75. The van der Waals surface area contributed by atoms with Crippen LogP contribution < -0.4 is 11.5 Å². The topological polar surface area (TPSA) is 176 Å². The molecule has 0 bridgehead atoms. The first kappa shape index (κ1) is 10.3. The predicted molar refractivity (Wildman–Crippen MR) is 51.5 cm³/mol. The van der Waals surface area contributed by atoms with Gasteiger partial charge >= 0.3 is 0 Å². The van der Waals surface area contributed by atoms with E-state index in [1.54, 1.807) is 0 Å². The van der Waals surface area contributed by atoms with Gasteiger partial charge in [0.25, 0.3) is 0 Å². The zero-order chi connectivity index (χ0) is 11.7. The molecule has 0 saturated heterocycles. The quantitative estimate of drug-likeness (QED) is 0.343. The van der Waals surface area contributed by atoms with Gasteiger partial charge in [-0.15, -0.1) is 10.2 Å². The second-order valence-electron chi connectivity index (χ2n) is 3.05. The fourth-order valence-corrected chi connectivity index (χ4v) is 1.14. The summed E-state index contributed by atoms with van der Waals surface area (Å²) in [5.41, 5.74) is 10.5. The van der Waals surface area contributed by atoms with Gasteiger partial charge in [-0.3, -0.25) is 10.2 Å². The Morgan fingerprint density at radius 3 is 1.50 bits per heavy atom. The Morgan fingerprint density at radius 2 is 1.25 bits per heavy atom. The average Bonchev–Trinajstić information content (AvgIpc) is 2.85. The number of aliphatic hydroxyl groups is 2. The molecule has 8 N–H and O–H groups in total. The first-order valence-corrected chi connectivity index (χ1v) is 4.29. The van der Waals surface area contributed by atoms with E-state index >= 15 is 0 Å². The van der Waals surface area contributed by atoms with Gasteiger partial charge in [-0.2, -0.15) is 9.97 Å². The molecule has 2 aromatic rings. The summed E-state index contributed by atoms with van der Waals surface area (Å²) in [4.78, 5) is 7.34. The summed E-state index contributed by atoms with van der Waals surface area (Å²) >= 11 is 0. The number of anilines is 2. The number of hydrogen-bond acceptors (Lipinski definition) is 8. The highest BCUT2D eigenvalue weighted by atomic mass is 16.3. The van der Waals surface area contributed by atoms with E-state index in [-0.39, 0.29) is 23.5 Å². The van der Waals surface area contributed by atoms with Crippen LogP contribution in [-0.2, 0) is 0 Å². The van der Waals surface area contributed by atoms with Crippen LogP contribution in [0.3, 0.4) is 0 Å². The molecule has 0 amide bonds. The Labute approximate surface area is 88.7 Å². The van der Waals surface area contributed by atoms with Crippen molar-refractivity contribution >= 4 is 11.9 Å². The first-order valence-electron chi connectivity index (χ1n) is 4.29. The van der Waals surface area contributed by atoms with Crippen molar-refractivity contribution in [1.29, 1.82) is 0 Å². The molecule has 0 saturated carbocycles. The summed E-state index contributed by atoms with van der Waals surface area (Å²) in [6.07, 6.45) is -2.70. The molecule has 2 rings (SSSR count). The van der Waals surface area contributed by atoms with Crippen molar-refractivity contribution in [3.8, 4) is 0 Å². The van der Waals surface area contributed by atoms with Gasteiger partial charge in [0.1, 0.15) is 12.2 Å². The van der Waals surface area contributed by atoms with Gasteiger partial charge in [-0.05, 0) is 0 Å². The molecular formula is C6H10N8O2. The van der Waals surface area contributed by atoms with Crippen molar-refractivity contribution < 1.29 is 10.2 Å². The zero-order valence-electron chi connectivity index (χ0n) is 7.99. The van der Waals surface area contributed by atoms with Crippen molar-refractivity contribution in [3.63, 3.8) is 0 Å². The lowest BCUT2D eigenvalue weighted by atomic mass is 10.2. The lowest BCUT2D eigenvalue weighted by Crippen LogP contribution is -2.13. The Morgan fingerprint density at radius 1 is 0.875 bits per heavy atom. The average molecular weight is 226 g/mol. The van der Waals surface area contributed by atoms with Crippen LogP contribution in [0.15, 0.2) is 0 Å². The largest absolute Gasteiger partial charge is 0.382 e. The van der Waals surface area contributed by atoms with Crippen molar-refractivity contribution in [2.75, 3.05) is 11.5 Å². The Kier molecular flexibility index (Phi) is 2.42. The SMILES string of the molecule is Nc1n[nH]c(C(O)C(O)c2nc(N)n[nH]2)n1. The third-order valence-corrected chi connectivity index (χ3v) is 1.90. The molecule has 86 valence electrons. The van der Waals surface area contributed by atoms with Gasteiger partial charge in [0.2, 0.25) is 11.9 Å². The molecule has 16 heavy (non-hydrogen) atoms. The monoisotopic (exact) mass is 226 g/mol. The van der Waals surface area contributed by atoms with Gasteiger partial charge in [-0.25, -0.2) is 0 Å². The Hall–Kier alpha value is -2.20. The van der Waals surface area contributed by atoms with Crippen molar-refractivity contribution in [2.24, 2.45) is 0 Å². The van der Waals surface area contributed by atoms with Crippen LogP contribution >= 0.6 is 0 Å². The summed E-state index contributed by atoms with van der Waals surface area (Å²) < 4.78 is 0. The lowest BCUT2D eigenvalue weighted by molar-refractivity contribution is 0.00693. The molecule has 0 aromatic carbocycles. The molecule has 0 spiro atoms. The molecule has 0 aliphatic carbocycles. The molecule has 0 aliphatic rings. The lowest BCUT2D eigenvalue weighted by Gasteiger charge is -2.11. The third kappa shape index (κ3) is 1.78. The van der Waals surface area contributed by atoms with Crippen LogP contribution in [0.4, 0.5) is 11.9 Å². The van der Waals surface area contributed by atoms with Crippen molar-refractivity contribution in [2.45, 2.75) is 12.2 Å². The van der Waals surface area contributed by atoms with Gasteiger partial charge in [-0.1, -0.05) is 0 Å². The fourth-order valence-electron chi connectivity index (χ4n) is 1.14. The summed E-state index contributed by atoms with van der Waals surface area (Å²) in [6, 6.07) is 0. The molecule has 0 aliphatic heterocycles. The maximum atomic E-state index is 9.70. The number of nitrogens with two attached hydrogens (primary N) is 2. The molecule has 10 nitrogen and oxygen atoms in total. The molecule has 0 radical (unpaired) electrons. The van der Waals surface area contributed by atoms with E-state index < -0.39 is 12.2 Å². The number of nitrogens with zero attached hydrogens (tertiary/aromatic N) is 4. The van der Waals surface area contributed by atoms with Crippen LogP contribution in [0.1, 0.15) is 23.9 Å². The number of nitrogen functional groups attached to an aromatic ring is 2. The van der Waals surface area contributed by atoms with Crippen LogP contribution in [0.25, 0.3) is 0 Å². The summed E-state index contributed by atoms with van der Waals surface area (Å²) in [7, 11) is 0. The predicted octanol–water partition coefficient (Wildman–Crippen LogP) is -2.15. The molecule has 0 fully saturated rings. The molecule has 2 heterocycles. The van der Waals surface area contributed by atoms with Crippen LogP contribution in [0, 0.1) is 0 Å². The molecule has 10 heteroatoms. The van der Waals surface area contributed by atoms with Crippen molar-refractivity contribution in [1.82, 2.24) is 30.4 Å². The third-order valence-electron chi connectivity index (χ3n) is 1.90. The molecule has 2 aromatic heterocycles. The fraction of sp³-hybridized carbons (Fsp3) is 0.333. The van der Waals surface area contributed by atoms with Crippen LogP contribution in [-0.4, -0.2) is 40.6 Å². The van der Waals surface area contributed by atoms with E-state index in [4.69, 9.17) is 11.5 Å². The van der Waals surface area contributed by atoms with Gasteiger partial charge in [0.15, 0.2) is 11.6 Å². The number of aromatic amines is 2. The second-order valence-corrected chi connectivity index (χ2v) is 3.05. The highest BCUT2D eigenvalue weighted by Gasteiger charge is 2.26. The van der Waals surface area contributed by atoms with E-state index in [0.717, 1.165) is 0 Å². The van der Waals surface area contributed by atoms with E-state index in [2.05, 4.69) is 30.4 Å². The molecular weight excluding hydrogens is 216 g/mol. The molecule has 2 unspecified atom stereocenters. The number of H-pyrrole nitrogens is 2. The summed E-state index contributed by atoms with van der Waals surface area (Å²) in [5, 5.41) is 31.2. The van der Waals surface area contributed by atoms with E-state index in [1.165, 1.54) is 0 Å². The summed E-state index contributed by atoms with van der Waals surface area (Å²) in [5.74, 6) is -0.00314. The maximum Gasteiger partial charge on any atom is 0.239 e. The smallest absolute Gasteiger partial charge is 0.239 e. The Bertz CT molecular complexity index is 434. The summed E-state index contributed by atoms with van der Waals surface area (Å²) in [6.45, 7) is 0. The minimum absolute atomic E-state index is 0.0278. The Balaban J connectivity index is 2.19. The maximum absolute atomic E-state index is 9.70.